The van der Waals surface area contributed by atoms with E-state index >= 15 is 0 Å². The first-order valence-electron chi connectivity index (χ1n) is 6.21. The highest BCUT2D eigenvalue weighted by atomic mass is 32.2. The van der Waals surface area contributed by atoms with Crippen molar-refractivity contribution in [1.82, 2.24) is 5.32 Å². The second kappa shape index (κ2) is 5.50. The largest absolute Gasteiger partial charge is 0.310 e. The third kappa shape index (κ3) is 4.83. The van der Waals surface area contributed by atoms with Crippen molar-refractivity contribution in [3.05, 3.63) is 0 Å². The van der Waals surface area contributed by atoms with E-state index in [1.165, 1.54) is 25.5 Å². The van der Waals surface area contributed by atoms with Gasteiger partial charge in [0.25, 0.3) is 0 Å². The summed E-state index contributed by atoms with van der Waals surface area (Å²) in [5.74, 6) is 1.67. The molecule has 16 heavy (non-hydrogen) atoms. The average Bonchev–Trinajstić information content (AvgIpc) is 2.08. The highest BCUT2D eigenvalue weighted by Gasteiger charge is 2.26. The lowest BCUT2D eigenvalue weighted by atomic mass is 9.80. The highest BCUT2D eigenvalue weighted by molar-refractivity contribution is 7.90. The van der Waals surface area contributed by atoms with Gasteiger partial charge in [0.2, 0.25) is 0 Å². The van der Waals surface area contributed by atoms with E-state index in [0.29, 0.717) is 12.0 Å². The fourth-order valence-corrected chi connectivity index (χ4v) is 3.64. The summed E-state index contributed by atoms with van der Waals surface area (Å²) < 4.78 is 22.4. The zero-order valence-electron chi connectivity index (χ0n) is 10.9. The zero-order valence-corrected chi connectivity index (χ0v) is 11.7. The van der Waals surface area contributed by atoms with E-state index in [1.54, 1.807) is 0 Å². The quantitative estimate of drug-likeness (QED) is 0.824. The van der Waals surface area contributed by atoms with E-state index in [2.05, 4.69) is 19.2 Å². The van der Waals surface area contributed by atoms with Crippen LogP contribution in [0.15, 0.2) is 0 Å². The Kier molecular flexibility index (Phi) is 4.80. The van der Waals surface area contributed by atoms with E-state index in [0.717, 1.165) is 5.92 Å². The molecule has 0 heterocycles. The number of rotatable bonds is 4. The Bertz CT molecular complexity index is 313. The SMILES string of the molecule is CC1CCC(C)C(NC(C)CS(C)(=O)=O)C1. The normalized spacial score (nSPS) is 33.6. The summed E-state index contributed by atoms with van der Waals surface area (Å²) in [6.07, 6.45) is 5.04. The summed E-state index contributed by atoms with van der Waals surface area (Å²) in [6, 6.07) is 0.549. The number of nitrogens with one attached hydrogen (secondary N) is 1. The van der Waals surface area contributed by atoms with E-state index in [4.69, 9.17) is 0 Å². The first-order chi connectivity index (χ1) is 7.28. The Labute approximate surface area is 99.9 Å². The van der Waals surface area contributed by atoms with Crippen LogP contribution >= 0.6 is 0 Å². The molecule has 4 unspecified atom stereocenters. The Hall–Kier alpha value is -0.0900. The van der Waals surface area contributed by atoms with Crippen molar-refractivity contribution in [3.8, 4) is 0 Å². The number of hydrogen-bond donors (Lipinski definition) is 1. The van der Waals surface area contributed by atoms with Crippen molar-refractivity contribution < 1.29 is 8.42 Å². The predicted molar refractivity (Wildman–Crippen MR) is 68.3 cm³/mol. The van der Waals surface area contributed by atoms with Crippen molar-refractivity contribution >= 4 is 9.84 Å². The molecule has 1 N–H and O–H groups in total. The molecule has 1 aliphatic carbocycles. The number of hydrogen-bond acceptors (Lipinski definition) is 3. The molecule has 0 aliphatic heterocycles. The van der Waals surface area contributed by atoms with Crippen LogP contribution in [0.25, 0.3) is 0 Å². The van der Waals surface area contributed by atoms with Crippen molar-refractivity contribution in [3.63, 3.8) is 0 Å². The van der Waals surface area contributed by atoms with Gasteiger partial charge in [0.1, 0.15) is 9.84 Å². The molecule has 96 valence electrons. The lowest BCUT2D eigenvalue weighted by Gasteiger charge is -2.35. The van der Waals surface area contributed by atoms with Crippen molar-refractivity contribution in [2.24, 2.45) is 11.8 Å². The molecule has 0 aromatic rings. The van der Waals surface area contributed by atoms with Crippen LogP contribution in [0.5, 0.6) is 0 Å². The molecule has 0 spiro atoms. The Balaban J connectivity index is 2.46. The monoisotopic (exact) mass is 247 g/mol. The molecule has 3 nitrogen and oxygen atoms in total. The Morgan fingerprint density at radius 2 is 1.94 bits per heavy atom. The van der Waals surface area contributed by atoms with Crippen LogP contribution in [-0.2, 0) is 9.84 Å². The minimum Gasteiger partial charge on any atom is -0.310 e. The van der Waals surface area contributed by atoms with Gasteiger partial charge in [0.05, 0.1) is 5.75 Å². The van der Waals surface area contributed by atoms with Crippen LogP contribution < -0.4 is 5.32 Å². The van der Waals surface area contributed by atoms with E-state index < -0.39 is 9.84 Å². The van der Waals surface area contributed by atoms with Crippen LogP contribution in [-0.4, -0.2) is 32.5 Å². The lowest BCUT2D eigenvalue weighted by Crippen LogP contribution is -2.46. The topological polar surface area (TPSA) is 46.2 Å². The van der Waals surface area contributed by atoms with E-state index in [1.807, 2.05) is 6.92 Å². The second-order valence-corrected chi connectivity index (χ2v) is 7.85. The Morgan fingerprint density at radius 3 is 2.50 bits per heavy atom. The van der Waals surface area contributed by atoms with Crippen LogP contribution in [0, 0.1) is 11.8 Å². The summed E-state index contributed by atoms with van der Waals surface area (Å²) in [5, 5.41) is 3.48. The zero-order chi connectivity index (χ0) is 12.3. The summed E-state index contributed by atoms with van der Waals surface area (Å²) >= 11 is 0. The maximum absolute atomic E-state index is 11.2. The highest BCUT2D eigenvalue weighted by Crippen LogP contribution is 2.28. The van der Waals surface area contributed by atoms with Gasteiger partial charge in [-0.15, -0.1) is 0 Å². The molecule has 4 heteroatoms. The van der Waals surface area contributed by atoms with Crippen LogP contribution in [0.4, 0.5) is 0 Å². The second-order valence-electron chi connectivity index (χ2n) is 5.66. The third-order valence-corrected chi connectivity index (χ3v) is 4.61. The van der Waals surface area contributed by atoms with Crippen LogP contribution in [0.3, 0.4) is 0 Å². The molecule has 0 aromatic carbocycles. The smallest absolute Gasteiger partial charge is 0.148 e. The van der Waals surface area contributed by atoms with Crippen LogP contribution in [0.1, 0.15) is 40.0 Å². The van der Waals surface area contributed by atoms with Crippen molar-refractivity contribution in [2.45, 2.75) is 52.1 Å². The predicted octanol–water partition coefficient (Wildman–Crippen LogP) is 1.83. The van der Waals surface area contributed by atoms with Gasteiger partial charge in [-0.05, 0) is 31.6 Å². The first-order valence-corrected chi connectivity index (χ1v) is 8.27. The Morgan fingerprint density at radius 1 is 1.31 bits per heavy atom. The van der Waals surface area contributed by atoms with Crippen LogP contribution in [0.2, 0.25) is 0 Å². The minimum absolute atomic E-state index is 0.0627. The van der Waals surface area contributed by atoms with Gasteiger partial charge in [0.15, 0.2) is 0 Å². The van der Waals surface area contributed by atoms with Gasteiger partial charge in [-0.25, -0.2) is 8.42 Å². The lowest BCUT2D eigenvalue weighted by molar-refractivity contribution is 0.219. The molecule has 1 rings (SSSR count). The summed E-state index contributed by atoms with van der Waals surface area (Å²) in [5.41, 5.74) is 0. The molecule has 1 fully saturated rings. The standard InChI is InChI=1S/C12H25NO2S/c1-9-5-6-10(2)12(7-9)13-11(3)8-16(4,14)15/h9-13H,5-8H2,1-4H3. The molecule has 0 aromatic heterocycles. The van der Waals surface area contributed by atoms with Gasteiger partial charge < -0.3 is 5.32 Å². The summed E-state index contributed by atoms with van der Waals surface area (Å²) in [7, 11) is -2.87. The van der Waals surface area contributed by atoms with E-state index in [9.17, 15) is 8.42 Å². The fourth-order valence-electron chi connectivity index (χ4n) is 2.63. The summed E-state index contributed by atoms with van der Waals surface area (Å²) in [6.45, 7) is 6.51. The molecular formula is C12H25NO2S. The van der Waals surface area contributed by atoms with Crippen molar-refractivity contribution in [2.75, 3.05) is 12.0 Å². The molecule has 0 radical (unpaired) electrons. The van der Waals surface area contributed by atoms with Gasteiger partial charge in [0, 0.05) is 18.3 Å². The van der Waals surface area contributed by atoms with E-state index in [-0.39, 0.29) is 11.8 Å². The molecule has 4 atom stereocenters. The molecule has 1 aliphatic rings. The van der Waals surface area contributed by atoms with Gasteiger partial charge in [-0.2, -0.15) is 0 Å². The summed E-state index contributed by atoms with van der Waals surface area (Å²) in [4.78, 5) is 0. The maximum atomic E-state index is 11.2. The fraction of sp³-hybridized carbons (Fsp3) is 1.00. The minimum atomic E-state index is -2.87. The maximum Gasteiger partial charge on any atom is 0.148 e. The number of sulfone groups is 1. The third-order valence-electron chi connectivity index (χ3n) is 3.51. The van der Waals surface area contributed by atoms with Gasteiger partial charge in [-0.1, -0.05) is 20.3 Å². The van der Waals surface area contributed by atoms with Crippen molar-refractivity contribution in [1.29, 1.82) is 0 Å². The molecule has 0 saturated heterocycles. The molecule has 0 bridgehead atoms. The first kappa shape index (κ1) is 14.0. The molecular weight excluding hydrogens is 222 g/mol. The van der Waals surface area contributed by atoms with Gasteiger partial charge in [-0.3, -0.25) is 0 Å². The van der Waals surface area contributed by atoms with Gasteiger partial charge >= 0.3 is 0 Å². The average molecular weight is 247 g/mol. The molecule has 1 saturated carbocycles. The molecule has 0 amide bonds.